The van der Waals surface area contributed by atoms with Gasteiger partial charge >= 0.3 is 0 Å². The highest BCUT2D eigenvalue weighted by molar-refractivity contribution is 6.23. The molecule has 7 nitrogen and oxygen atoms in total. The number of fused-ring (bicyclic) bond motifs is 1. The normalized spacial score (nSPS) is 15.0. The van der Waals surface area contributed by atoms with Gasteiger partial charge in [0.1, 0.15) is 29.5 Å². The lowest BCUT2D eigenvalue weighted by atomic mass is 10.2. The molecule has 1 aliphatic rings. The second kappa shape index (κ2) is 5.79. The summed E-state index contributed by atoms with van der Waals surface area (Å²) in [4.78, 5) is 7.55. The van der Waals surface area contributed by atoms with E-state index in [1.165, 1.54) is 11.2 Å². The van der Waals surface area contributed by atoms with Crippen molar-refractivity contribution in [3.63, 3.8) is 0 Å². The van der Waals surface area contributed by atoms with Crippen LogP contribution in [0.5, 0.6) is 5.75 Å². The molecule has 0 radical (unpaired) electrons. The summed E-state index contributed by atoms with van der Waals surface area (Å²) < 4.78 is 0. The highest BCUT2D eigenvalue weighted by Crippen LogP contribution is 2.27. The number of benzene rings is 2. The predicted molar refractivity (Wildman–Crippen MR) is 95.8 cm³/mol. The lowest BCUT2D eigenvalue weighted by Gasteiger charge is -2.11. The van der Waals surface area contributed by atoms with Gasteiger partial charge < -0.3 is 15.2 Å². The second-order valence-corrected chi connectivity index (χ2v) is 5.67. The molecule has 4 rings (SSSR count). The van der Waals surface area contributed by atoms with Gasteiger partial charge in [-0.25, -0.2) is 9.99 Å². The maximum absolute atomic E-state index is 10.3. The van der Waals surface area contributed by atoms with Gasteiger partial charge in [-0.1, -0.05) is 24.3 Å². The Balaban J connectivity index is 1.61. The fraction of sp³-hybridized carbons (Fsp3) is 0.0556. The number of phenols is 1. The van der Waals surface area contributed by atoms with Crippen molar-refractivity contribution in [3.05, 3.63) is 65.7 Å². The molecule has 0 saturated carbocycles. The number of imidazole rings is 1. The summed E-state index contributed by atoms with van der Waals surface area (Å²) in [6.07, 6.45) is 1.53. The van der Waals surface area contributed by atoms with Crippen molar-refractivity contribution >= 4 is 28.7 Å². The van der Waals surface area contributed by atoms with Gasteiger partial charge in [-0.15, -0.1) is 0 Å². The van der Waals surface area contributed by atoms with E-state index in [1.54, 1.807) is 24.3 Å². The molecule has 1 aliphatic heterocycles. The maximum Gasteiger partial charge on any atom is 0.156 e. The molecule has 2 heterocycles. The van der Waals surface area contributed by atoms with Crippen molar-refractivity contribution in [2.75, 3.05) is 6.54 Å². The molecule has 3 aromatic rings. The van der Waals surface area contributed by atoms with E-state index < -0.39 is 0 Å². The van der Waals surface area contributed by atoms with E-state index in [1.807, 2.05) is 24.3 Å². The van der Waals surface area contributed by atoms with Crippen LogP contribution in [0.3, 0.4) is 0 Å². The summed E-state index contributed by atoms with van der Waals surface area (Å²) in [7, 11) is 0. The van der Waals surface area contributed by atoms with Gasteiger partial charge in [0, 0.05) is 0 Å². The second-order valence-electron chi connectivity index (χ2n) is 5.67. The molecule has 7 heteroatoms. The third kappa shape index (κ3) is 2.72. The first-order valence-corrected chi connectivity index (χ1v) is 7.68. The molecule has 1 aromatic heterocycles. The third-order valence-corrected chi connectivity index (χ3v) is 3.93. The molecule has 124 valence electrons. The molecule has 0 unspecified atom stereocenters. The Morgan fingerprint density at radius 1 is 1.16 bits per heavy atom. The van der Waals surface area contributed by atoms with Crippen molar-refractivity contribution < 1.29 is 10.2 Å². The van der Waals surface area contributed by atoms with Gasteiger partial charge in [0.05, 0.1) is 17.2 Å². The van der Waals surface area contributed by atoms with E-state index in [9.17, 15) is 10.2 Å². The number of nitrogens with one attached hydrogen (secondary N) is 2. The number of nitrogens with zero attached hydrogens (tertiary/aromatic N) is 3. The lowest BCUT2D eigenvalue weighted by molar-refractivity contribution is 0.358. The molecule has 25 heavy (non-hydrogen) atoms. The predicted octanol–water partition coefficient (Wildman–Crippen LogP) is 2.86. The van der Waals surface area contributed by atoms with Crippen molar-refractivity contribution in [2.45, 2.75) is 0 Å². The number of rotatable bonds is 3. The average Bonchev–Trinajstić information content (AvgIpc) is 3.13. The average molecular weight is 333 g/mol. The van der Waals surface area contributed by atoms with Crippen LogP contribution in [0.1, 0.15) is 11.4 Å². The van der Waals surface area contributed by atoms with Crippen molar-refractivity contribution in [1.82, 2.24) is 15.0 Å². The Morgan fingerprint density at radius 3 is 2.80 bits per heavy atom. The molecule has 0 spiro atoms. The van der Waals surface area contributed by atoms with Crippen molar-refractivity contribution in [3.8, 4) is 5.75 Å². The standard InChI is InChI=1S/C18H15N5O2/c19-17-16(18-21-13-6-1-2-7-14(13)22-18)15(25)10-23(17)20-9-11-4-3-5-12(24)8-11/h1-9,19,24-25H,10H2,(H,21,22). The topological polar surface area (TPSA) is 109 Å². The fourth-order valence-electron chi connectivity index (χ4n) is 2.73. The Kier molecular flexibility index (Phi) is 3.46. The zero-order valence-corrected chi connectivity index (χ0v) is 13.1. The molecule has 0 atom stereocenters. The minimum absolute atomic E-state index is 0.0390. The number of phenolic OH excluding ortho intramolecular Hbond substituents is 1. The molecule has 0 amide bonds. The first-order valence-electron chi connectivity index (χ1n) is 7.68. The number of aromatic hydroxyl groups is 1. The fourth-order valence-corrected chi connectivity index (χ4v) is 2.73. The van der Waals surface area contributed by atoms with Crippen molar-refractivity contribution in [2.24, 2.45) is 5.10 Å². The van der Waals surface area contributed by atoms with E-state index in [4.69, 9.17) is 5.41 Å². The van der Waals surface area contributed by atoms with E-state index in [0.29, 0.717) is 17.0 Å². The number of amidine groups is 1. The smallest absolute Gasteiger partial charge is 0.156 e. The van der Waals surface area contributed by atoms with Gasteiger partial charge in [0.25, 0.3) is 0 Å². The summed E-state index contributed by atoms with van der Waals surface area (Å²) in [5, 5.41) is 33.7. The summed E-state index contributed by atoms with van der Waals surface area (Å²) >= 11 is 0. The Labute approximate surface area is 143 Å². The monoisotopic (exact) mass is 333 g/mol. The maximum atomic E-state index is 10.3. The van der Waals surface area contributed by atoms with Crippen LogP contribution >= 0.6 is 0 Å². The number of hydrogen-bond acceptors (Lipinski definition) is 5. The molecular weight excluding hydrogens is 318 g/mol. The van der Waals surface area contributed by atoms with Crippen LogP contribution in [0.15, 0.2) is 59.4 Å². The van der Waals surface area contributed by atoms with Gasteiger partial charge in [-0.2, -0.15) is 5.10 Å². The number of aliphatic hydroxyl groups is 1. The number of hydrazone groups is 1. The van der Waals surface area contributed by atoms with Crippen LogP contribution in [-0.4, -0.2) is 43.8 Å². The molecule has 0 saturated heterocycles. The molecule has 4 N–H and O–H groups in total. The summed E-state index contributed by atoms with van der Waals surface area (Å²) in [6, 6.07) is 14.2. The van der Waals surface area contributed by atoms with Crippen LogP contribution in [0.25, 0.3) is 16.6 Å². The van der Waals surface area contributed by atoms with Crippen LogP contribution in [0.2, 0.25) is 0 Å². The Bertz CT molecular complexity index is 1000. The summed E-state index contributed by atoms with van der Waals surface area (Å²) in [5.74, 6) is 0.688. The largest absolute Gasteiger partial charge is 0.509 e. The first kappa shape index (κ1) is 14.9. The zero-order chi connectivity index (χ0) is 17.4. The lowest BCUT2D eigenvalue weighted by Crippen LogP contribution is -2.20. The first-order chi connectivity index (χ1) is 12.1. The van der Waals surface area contributed by atoms with Crippen LogP contribution in [-0.2, 0) is 0 Å². The van der Waals surface area contributed by atoms with Gasteiger partial charge in [-0.05, 0) is 29.8 Å². The number of aliphatic hydroxyl groups excluding tert-OH is 1. The molecule has 0 bridgehead atoms. The van der Waals surface area contributed by atoms with E-state index >= 15 is 0 Å². The van der Waals surface area contributed by atoms with Gasteiger partial charge in [-0.3, -0.25) is 5.41 Å². The highest BCUT2D eigenvalue weighted by atomic mass is 16.3. The van der Waals surface area contributed by atoms with Crippen LogP contribution < -0.4 is 0 Å². The molecular formula is C18H15N5O2. The Morgan fingerprint density at radius 2 is 2.00 bits per heavy atom. The summed E-state index contributed by atoms with van der Waals surface area (Å²) in [6.45, 7) is 0.0977. The minimum atomic E-state index is 0.0390. The zero-order valence-electron chi connectivity index (χ0n) is 13.1. The number of aromatic nitrogens is 2. The van der Waals surface area contributed by atoms with Crippen LogP contribution in [0, 0.1) is 5.41 Å². The third-order valence-electron chi connectivity index (χ3n) is 3.93. The SMILES string of the molecule is N=C1C(c2nc3ccccc3[nH]2)=C(O)CN1N=Cc1cccc(O)c1. The number of H-pyrrole nitrogens is 1. The van der Waals surface area contributed by atoms with Crippen LogP contribution in [0.4, 0.5) is 0 Å². The minimum Gasteiger partial charge on any atom is -0.509 e. The highest BCUT2D eigenvalue weighted by Gasteiger charge is 2.30. The molecule has 0 aliphatic carbocycles. The molecule has 2 aromatic carbocycles. The van der Waals surface area contributed by atoms with E-state index in [0.717, 1.165) is 11.0 Å². The van der Waals surface area contributed by atoms with E-state index in [2.05, 4.69) is 15.1 Å². The van der Waals surface area contributed by atoms with Gasteiger partial charge in [0.15, 0.2) is 5.84 Å². The van der Waals surface area contributed by atoms with E-state index in [-0.39, 0.29) is 23.9 Å². The molecule has 0 fully saturated rings. The summed E-state index contributed by atoms with van der Waals surface area (Å²) in [5.41, 5.74) is 2.65. The number of aromatic amines is 1. The number of hydrogen-bond donors (Lipinski definition) is 4. The van der Waals surface area contributed by atoms with Crippen molar-refractivity contribution in [1.29, 1.82) is 5.41 Å². The Hall–Kier alpha value is -3.61. The van der Waals surface area contributed by atoms with Gasteiger partial charge in [0.2, 0.25) is 0 Å². The number of para-hydroxylation sites is 2. The quantitative estimate of drug-likeness (QED) is 0.553.